The molecule has 0 amide bonds. The van der Waals surface area contributed by atoms with Crippen LogP contribution < -0.4 is 5.32 Å². The highest BCUT2D eigenvalue weighted by Gasteiger charge is 2.20. The van der Waals surface area contributed by atoms with E-state index in [9.17, 15) is 0 Å². The van der Waals surface area contributed by atoms with Crippen LogP contribution in [0.4, 0.5) is 0 Å². The van der Waals surface area contributed by atoms with Crippen molar-refractivity contribution in [1.29, 1.82) is 5.26 Å². The molecule has 6 heteroatoms. The fourth-order valence-electron chi connectivity index (χ4n) is 2.26. The molecule has 1 aromatic heterocycles. The van der Waals surface area contributed by atoms with Gasteiger partial charge < -0.3 is 14.6 Å². The van der Waals surface area contributed by atoms with Gasteiger partial charge >= 0.3 is 0 Å². The summed E-state index contributed by atoms with van der Waals surface area (Å²) in [4.78, 5) is 4.19. The number of benzene rings is 1. The summed E-state index contributed by atoms with van der Waals surface area (Å²) in [6.45, 7) is 2.31. The summed E-state index contributed by atoms with van der Waals surface area (Å²) in [7, 11) is 0. The van der Waals surface area contributed by atoms with Crippen molar-refractivity contribution < 1.29 is 4.74 Å². The van der Waals surface area contributed by atoms with E-state index in [4.69, 9.17) is 21.6 Å². The molecule has 5 nitrogen and oxygen atoms in total. The van der Waals surface area contributed by atoms with Gasteiger partial charge in [-0.1, -0.05) is 11.6 Å². The summed E-state index contributed by atoms with van der Waals surface area (Å²) in [6, 6.07) is 7.38. The highest BCUT2D eigenvalue weighted by molar-refractivity contribution is 6.31. The highest BCUT2D eigenvalue weighted by Crippen LogP contribution is 2.25. The normalized spacial score (nSPS) is 18.7. The SMILES string of the molecule is N#Cc1ccc(-n2cncc2C2CNCCO2)cc1Cl. The molecule has 0 saturated carbocycles. The van der Waals surface area contributed by atoms with Crippen LogP contribution in [0.3, 0.4) is 0 Å². The molecule has 3 rings (SSSR count). The van der Waals surface area contributed by atoms with Crippen molar-refractivity contribution in [3.8, 4) is 11.8 Å². The van der Waals surface area contributed by atoms with Crippen LogP contribution in [0, 0.1) is 11.3 Å². The smallest absolute Gasteiger partial charge is 0.112 e. The van der Waals surface area contributed by atoms with Crippen LogP contribution in [0.5, 0.6) is 0 Å². The van der Waals surface area contributed by atoms with E-state index >= 15 is 0 Å². The Hall–Kier alpha value is -1.87. The summed E-state index contributed by atoms with van der Waals surface area (Å²) in [6.07, 6.45) is 3.50. The second kappa shape index (κ2) is 5.63. The van der Waals surface area contributed by atoms with Crippen molar-refractivity contribution in [3.05, 3.63) is 47.0 Å². The molecule has 2 aromatic rings. The lowest BCUT2D eigenvalue weighted by Crippen LogP contribution is -2.34. The van der Waals surface area contributed by atoms with E-state index in [-0.39, 0.29) is 6.10 Å². The topological polar surface area (TPSA) is 62.9 Å². The summed E-state index contributed by atoms with van der Waals surface area (Å²) < 4.78 is 7.69. The van der Waals surface area contributed by atoms with E-state index in [0.29, 0.717) is 17.2 Å². The lowest BCUT2D eigenvalue weighted by Gasteiger charge is -2.24. The van der Waals surface area contributed by atoms with E-state index in [1.54, 1.807) is 24.7 Å². The number of nitrogens with one attached hydrogen (secondary N) is 1. The van der Waals surface area contributed by atoms with Crippen LogP contribution in [0.2, 0.25) is 5.02 Å². The first-order valence-electron chi connectivity index (χ1n) is 6.34. The zero-order chi connectivity index (χ0) is 13.9. The fraction of sp³-hybridized carbons (Fsp3) is 0.286. The predicted octanol–water partition coefficient (Wildman–Crippen LogP) is 2.06. The molecule has 2 heterocycles. The molecule has 1 unspecified atom stereocenters. The summed E-state index contributed by atoms with van der Waals surface area (Å²) in [5.74, 6) is 0. The van der Waals surface area contributed by atoms with Crippen LogP contribution in [0.15, 0.2) is 30.7 Å². The standard InChI is InChI=1S/C14H13ClN4O/c15-12-5-11(2-1-10(12)6-16)19-9-18-7-13(19)14-8-17-3-4-20-14/h1-2,5,7,9,14,17H,3-4,8H2. The maximum Gasteiger partial charge on any atom is 0.112 e. The largest absolute Gasteiger partial charge is 0.369 e. The molecule has 0 aliphatic carbocycles. The van der Waals surface area contributed by atoms with Crippen molar-refractivity contribution in [1.82, 2.24) is 14.9 Å². The Kier molecular flexibility index (Phi) is 3.70. The second-order valence-electron chi connectivity index (χ2n) is 4.53. The molecule has 1 N–H and O–H groups in total. The van der Waals surface area contributed by atoms with Crippen molar-refractivity contribution in [2.45, 2.75) is 6.10 Å². The average Bonchev–Trinajstić information content (AvgIpc) is 2.97. The molecule has 20 heavy (non-hydrogen) atoms. The fourth-order valence-corrected chi connectivity index (χ4v) is 2.48. The summed E-state index contributed by atoms with van der Waals surface area (Å²) in [5, 5.41) is 12.7. The maximum absolute atomic E-state index is 8.92. The van der Waals surface area contributed by atoms with Crippen molar-refractivity contribution >= 4 is 11.6 Å². The van der Waals surface area contributed by atoms with Gasteiger partial charge in [-0.05, 0) is 18.2 Å². The molecule has 1 aliphatic rings. The minimum Gasteiger partial charge on any atom is -0.369 e. The van der Waals surface area contributed by atoms with Crippen LogP contribution in [0.1, 0.15) is 17.4 Å². The second-order valence-corrected chi connectivity index (χ2v) is 4.94. The lowest BCUT2D eigenvalue weighted by molar-refractivity contribution is 0.0240. The Balaban J connectivity index is 1.97. The zero-order valence-corrected chi connectivity index (χ0v) is 11.5. The van der Waals surface area contributed by atoms with Gasteiger partial charge in [0, 0.05) is 18.8 Å². The van der Waals surface area contributed by atoms with Crippen molar-refractivity contribution in [2.24, 2.45) is 0 Å². The van der Waals surface area contributed by atoms with Gasteiger partial charge in [-0.2, -0.15) is 5.26 Å². The molecule has 1 saturated heterocycles. The molecule has 1 aromatic carbocycles. The van der Waals surface area contributed by atoms with E-state index in [2.05, 4.69) is 16.4 Å². The van der Waals surface area contributed by atoms with E-state index < -0.39 is 0 Å². The molecule has 0 bridgehead atoms. The van der Waals surface area contributed by atoms with Gasteiger partial charge in [0.05, 0.1) is 35.4 Å². The minimum atomic E-state index is -0.0272. The van der Waals surface area contributed by atoms with Crippen LogP contribution in [-0.4, -0.2) is 29.2 Å². The number of hydrogen-bond donors (Lipinski definition) is 1. The number of hydrogen-bond acceptors (Lipinski definition) is 4. The quantitative estimate of drug-likeness (QED) is 0.919. The number of aromatic nitrogens is 2. The van der Waals surface area contributed by atoms with Gasteiger partial charge in [0.15, 0.2) is 0 Å². The van der Waals surface area contributed by atoms with Gasteiger partial charge in [0.2, 0.25) is 0 Å². The van der Waals surface area contributed by atoms with Gasteiger partial charge in [0.25, 0.3) is 0 Å². The lowest BCUT2D eigenvalue weighted by atomic mass is 10.2. The zero-order valence-electron chi connectivity index (χ0n) is 10.7. The Morgan fingerprint density at radius 3 is 3.10 bits per heavy atom. The molecular weight excluding hydrogens is 276 g/mol. The Bertz CT molecular complexity index is 655. The molecule has 1 fully saturated rings. The van der Waals surface area contributed by atoms with Crippen LogP contribution >= 0.6 is 11.6 Å². The van der Waals surface area contributed by atoms with Gasteiger partial charge in [-0.15, -0.1) is 0 Å². The molecule has 1 atom stereocenters. The Labute approximate surface area is 121 Å². The number of ether oxygens (including phenoxy) is 1. The third-order valence-electron chi connectivity index (χ3n) is 3.28. The third kappa shape index (κ3) is 2.41. The highest BCUT2D eigenvalue weighted by atomic mass is 35.5. The minimum absolute atomic E-state index is 0.0272. The summed E-state index contributed by atoms with van der Waals surface area (Å²) in [5.41, 5.74) is 2.31. The average molecular weight is 289 g/mol. The molecular formula is C14H13ClN4O. The first-order chi connectivity index (χ1) is 9.79. The number of halogens is 1. The monoisotopic (exact) mass is 288 g/mol. The number of nitrogens with zero attached hydrogens (tertiary/aromatic N) is 3. The van der Waals surface area contributed by atoms with Gasteiger partial charge in [-0.3, -0.25) is 0 Å². The van der Waals surface area contributed by atoms with Gasteiger partial charge in [-0.25, -0.2) is 4.98 Å². The third-order valence-corrected chi connectivity index (χ3v) is 3.59. The molecule has 1 aliphatic heterocycles. The number of morpholine rings is 1. The molecule has 0 radical (unpaired) electrons. The summed E-state index contributed by atoms with van der Waals surface area (Å²) >= 11 is 6.08. The maximum atomic E-state index is 8.92. The van der Waals surface area contributed by atoms with E-state index in [0.717, 1.165) is 24.5 Å². The number of rotatable bonds is 2. The van der Waals surface area contributed by atoms with Gasteiger partial charge in [0.1, 0.15) is 12.2 Å². The predicted molar refractivity (Wildman–Crippen MR) is 74.9 cm³/mol. The Morgan fingerprint density at radius 1 is 1.50 bits per heavy atom. The Morgan fingerprint density at radius 2 is 2.40 bits per heavy atom. The number of imidazole rings is 1. The first kappa shape index (κ1) is 13.1. The van der Waals surface area contributed by atoms with Crippen LogP contribution in [0.25, 0.3) is 5.69 Å². The first-order valence-corrected chi connectivity index (χ1v) is 6.72. The number of nitriles is 1. The van der Waals surface area contributed by atoms with E-state index in [1.165, 1.54) is 0 Å². The van der Waals surface area contributed by atoms with Crippen molar-refractivity contribution in [2.75, 3.05) is 19.7 Å². The molecule has 102 valence electrons. The van der Waals surface area contributed by atoms with E-state index in [1.807, 2.05) is 10.6 Å². The molecule has 0 spiro atoms. The van der Waals surface area contributed by atoms with Crippen molar-refractivity contribution in [3.63, 3.8) is 0 Å². The van der Waals surface area contributed by atoms with Crippen LogP contribution in [-0.2, 0) is 4.74 Å².